The molecule has 0 aliphatic carbocycles. The fourth-order valence-electron chi connectivity index (χ4n) is 1.16. The topological polar surface area (TPSA) is 29.1 Å². The third-order valence-corrected chi connectivity index (χ3v) is 3.20. The SMILES string of the molecule is CCC(CCl)NC(=O)c1ccccc1Br. The Morgan fingerprint density at radius 2 is 2.20 bits per heavy atom. The maximum Gasteiger partial charge on any atom is 0.252 e. The lowest BCUT2D eigenvalue weighted by molar-refractivity contribution is 0.0939. The predicted octanol–water partition coefficient (Wildman–Crippen LogP) is 3.20. The van der Waals surface area contributed by atoms with Crippen LogP contribution in [0.4, 0.5) is 0 Å². The molecule has 0 saturated carbocycles. The van der Waals surface area contributed by atoms with E-state index in [1.54, 1.807) is 6.07 Å². The fourth-order valence-corrected chi connectivity index (χ4v) is 1.92. The number of hydrogen-bond donors (Lipinski definition) is 1. The first-order valence-electron chi connectivity index (χ1n) is 4.80. The van der Waals surface area contributed by atoms with E-state index < -0.39 is 0 Å². The quantitative estimate of drug-likeness (QED) is 0.848. The lowest BCUT2D eigenvalue weighted by Gasteiger charge is -2.14. The Morgan fingerprint density at radius 1 is 1.53 bits per heavy atom. The molecule has 0 bridgehead atoms. The first kappa shape index (κ1) is 12.5. The third-order valence-electron chi connectivity index (χ3n) is 2.13. The van der Waals surface area contributed by atoms with Crippen molar-refractivity contribution < 1.29 is 4.79 Å². The first-order valence-corrected chi connectivity index (χ1v) is 6.13. The van der Waals surface area contributed by atoms with Gasteiger partial charge in [-0.25, -0.2) is 0 Å². The van der Waals surface area contributed by atoms with Gasteiger partial charge in [0.15, 0.2) is 0 Å². The molecule has 0 fully saturated rings. The van der Waals surface area contributed by atoms with Crippen molar-refractivity contribution in [3.8, 4) is 0 Å². The molecule has 0 saturated heterocycles. The van der Waals surface area contributed by atoms with Gasteiger partial charge in [-0.1, -0.05) is 19.1 Å². The smallest absolute Gasteiger partial charge is 0.252 e. The van der Waals surface area contributed by atoms with Crippen molar-refractivity contribution >= 4 is 33.4 Å². The van der Waals surface area contributed by atoms with E-state index in [2.05, 4.69) is 21.2 Å². The second-order valence-corrected chi connectivity index (χ2v) is 4.38. The van der Waals surface area contributed by atoms with Gasteiger partial charge in [0.2, 0.25) is 0 Å². The number of carbonyl (C=O) groups is 1. The van der Waals surface area contributed by atoms with Crippen LogP contribution >= 0.6 is 27.5 Å². The van der Waals surface area contributed by atoms with Crippen molar-refractivity contribution in [1.82, 2.24) is 5.32 Å². The minimum atomic E-state index is -0.0880. The van der Waals surface area contributed by atoms with Crippen LogP contribution in [0.5, 0.6) is 0 Å². The number of rotatable bonds is 4. The summed E-state index contributed by atoms with van der Waals surface area (Å²) in [5, 5.41) is 2.87. The molecule has 1 atom stereocenters. The normalized spacial score (nSPS) is 12.2. The van der Waals surface area contributed by atoms with Gasteiger partial charge >= 0.3 is 0 Å². The van der Waals surface area contributed by atoms with E-state index in [1.807, 2.05) is 25.1 Å². The van der Waals surface area contributed by atoms with E-state index in [4.69, 9.17) is 11.6 Å². The van der Waals surface area contributed by atoms with Crippen LogP contribution in [0.1, 0.15) is 23.7 Å². The highest BCUT2D eigenvalue weighted by molar-refractivity contribution is 9.10. The zero-order chi connectivity index (χ0) is 11.3. The van der Waals surface area contributed by atoms with Crippen molar-refractivity contribution in [2.75, 3.05) is 5.88 Å². The molecule has 1 N–H and O–H groups in total. The summed E-state index contributed by atoms with van der Waals surface area (Å²) in [4.78, 5) is 11.8. The first-order chi connectivity index (χ1) is 7.19. The van der Waals surface area contributed by atoms with Gasteiger partial charge in [-0.05, 0) is 34.5 Å². The second kappa shape index (κ2) is 6.13. The van der Waals surface area contributed by atoms with Gasteiger partial charge in [-0.15, -0.1) is 11.6 Å². The summed E-state index contributed by atoms with van der Waals surface area (Å²) in [5.74, 6) is 0.349. The molecule has 1 aromatic rings. The highest BCUT2D eigenvalue weighted by Crippen LogP contribution is 2.15. The molecule has 1 rings (SSSR count). The van der Waals surface area contributed by atoms with E-state index in [0.717, 1.165) is 10.9 Å². The predicted molar refractivity (Wildman–Crippen MR) is 66.4 cm³/mol. The molecule has 0 spiro atoms. The Kier molecular flexibility index (Phi) is 5.12. The zero-order valence-corrected chi connectivity index (χ0v) is 10.8. The van der Waals surface area contributed by atoms with Gasteiger partial charge in [0.05, 0.1) is 5.56 Å². The van der Waals surface area contributed by atoms with Gasteiger partial charge in [-0.3, -0.25) is 4.79 Å². The summed E-state index contributed by atoms with van der Waals surface area (Å²) >= 11 is 9.05. The molecule has 1 aromatic carbocycles. The molecule has 0 radical (unpaired) electrons. The van der Waals surface area contributed by atoms with Gasteiger partial charge < -0.3 is 5.32 Å². The minimum Gasteiger partial charge on any atom is -0.348 e. The monoisotopic (exact) mass is 289 g/mol. The molecular weight excluding hydrogens is 277 g/mol. The molecule has 82 valence electrons. The average Bonchev–Trinajstić information content (AvgIpc) is 2.26. The number of carbonyl (C=O) groups excluding carboxylic acids is 1. The van der Waals surface area contributed by atoms with E-state index in [1.165, 1.54) is 0 Å². The zero-order valence-electron chi connectivity index (χ0n) is 8.47. The van der Waals surface area contributed by atoms with Crippen LogP contribution in [-0.4, -0.2) is 17.8 Å². The molecule has 0 aliphatic heterocycles. The van der Waals surface area contributed by atoms with Crippen molar-refractivity contribution in [3.05, 3.63) is 34.3 Å². The summed E-state index contributed by atoms with van der Waals surface area (Å²) in [7, 11) is 0. The van der Waals surface area contributed by atoms with Gasteiger partial charge in [0.25, 0.3) is 5.91 Å². The molecule has 15 heavy (non-hydrogen) atoms. The Hall–Kier alpha value is -0.540. The maximum absolute atomic E-state index is 11.8. The summed E-state index contributed by atoms with van der Waals surface area (Å²) in [6.07, 6.45) is 0.833. The Labute approximate surface area is 103 Å². The number of amides is 1. The molecule has 1 unspecified atom stereocenters. The minimum absolute atomic E-state index is 0.0336. The van der Waals surface area contributed by atoms with Crippen LogP contribution in [0.15, 0.2) is 28.7 Å². The molecule has 2 nitrogen and oxygen atoms in total. The van der Waals surface area contributed by atoms with Gasteiger partial charge in [-0.2, -0.15) is 0 Å². The van der Waals surface area contributed by atoms with Crippen molar-refractivity contribution in [1.29, 1.82) is 0 Å². The van der Waals surface area contributed by atoms with Gasteiger partial charge in [0.1, 0.15) is 0 Å². The van der Waals surface area contributed by atoms with E-state index in [-0.39, 0.29) is 11.9 Å². The van der Waals surface area contributed by atoms with E-state index in [9.17, 15) is 4.79 Å². The molecule has 0 heterocycles. The number of halogens is 2. The van der Waals surface area contributed by atoms with Gasteiger partial charge in [0, 0.05) is 16.4 Å². The lowest BCUT2D eigenvalue weighted by Crippen LogP contribution is -2.35. The summed E-state index contributed by atoms with van der Waals surface area (Å²) in [6.45, 7) is 1.99. The van der Waals surface area contributed by atoms with Crippen LogP contribution < -0.4 is 5.32 Å². The summed E-state index contributed by atoms with van der Waals surface area (Å²) in [5.41, 5.74) is 0.640. The molecular formula is C11H13BrClNO. The highest BCUT2D eigenvalue weighted by atomic mass is 79.9. The number of hydrogen-bond acceptors (Lipinski definition) is 1. The van der Waals surface area contributed by atoms with Crippen LogP contribution in [0, 0.1) is 0 Å². The standard InChI is InChI=1S/C11H13BrClNO/c1-2-8(7-13)14-11(15)9-5-3-4-6-10(9)12/h3-6,8H,2,7H2,1H3,(H,14,15). The summed E-state index contributed by atoms with van der Waals surface area (Å²) in [6, 6.07) is 7.36. The number of benzene rings is 1. The molecule has 4 heteroatoms. The Morgan fingerprint density at radius 3 is 2.73 bits per heavy atom. The van der Waals surface area contributed by atoms with Crippen LogP contribution in [0.25, 0.3) is 0 Å². The van der Waals surface area contributed by atoms with Crippen molar-refractivity contribution in [2.24, 2.45) is 0 Å². The third kappa shape index (κ3) is 3.50. The molecule has 0 aliphatic rings. The Bertz CT molecular complexity index is 339. The van der Waals surface area contributed by atoms with Crippen molar-refractivity contribution in [3.63, 3.8) is 0 Å². The Balaban J connectivity index is 2.73. The van der Waals surface area contributed by atoms with Crippen LogP contribution in [0.2, 0.25) is 0 Å². The lowest BCUT2D eigenvalue weighted by atomic mass is 10.2. The molecule has 1 amide bonds. The van der Waals surface area contributed by atoms with Crippen LogP contribution in [-0.2, 0) is 0 Å². The maximum atomic E-state index is 11.8. The second-order valence-electron chi connectivity index (χ2n) is 3.21. The fraction of sp³-hybridized carbons (Fsp3) is 0.364. The molecule has 0 aromatic heterocycles. The highest BCUT2D eigenvalue weighted by Gasteiger charge is 2.12. The van der Waals surface area contributed by atoms with Crippen molar-refractivity contribution in [2.45, 2.75) is 19.4 Å². The summed E-state index contributed by atoms with van der Waals surface area (Å²) < 4.78 is 0.798. The number of nitrogens with one attached hydrogen (secondary N) is 1. The number of alkyl halides is 1. The largest absolute Gasteiger partial charge is 0.348 e. The van der Waals surface area contributed by atoms with Crippen LogP contribution in [0.3, 0.4) is 0 Å². The van der Waals surface area contributed by atoms with E-state index in [0.29, 0.717) is 11.4 Å². The average molecular weight is 291 g/mol. The van der Waals surface area contributed by atoms with E-state index >= 15 is 0 Å².